The third-order valence-corrected chi connectivity index (χ3v) is 4.44. The molecule has 0 radical (unpaired) electrons. The molecule has 0 atom stereocenters. The highest BCUT2D eigenvalue weighted by atomic mass is 19.1. The molecule has 0 aromatic heterocycles. The van der Waals surface area contributed by atoms with E-state index in [4.69, 9.17) is 5.11 Å². The fourth-order valence-corrected chi connectivity index (χ4v) is 3.11. The van der Waals surface area contributed by atoms with Gasteiger partial charge in [0.2, 0.25) is 0 Å². The number of likely N-dealkylation sites (N-methyl/N-ethyl adjacent to an activating group) is 1. The average Bonchev–Trinajstić information content (AvgIpc) is 2.55. The number of aliphatic carboxylic acids is 1. The molecule has 0 bridgehead atoms. The molecule has 1 heterocycles. The first-order valence-corrected chi connectivity index (χ1v) is 8.29. The van der Waals surface area contributed by atoms with Gasteiger partial charge in [-0.05, 0) is 44.6 Å². The van der Waals surface area contributed by atoms with Gasteiger partial charge >= 0.3 is 5.97 Å². The summed E-state index contributed by atoms with van der Waals surface area (Å²) in [6.45, 7) is 5.28. The molecule has 1 N–H and O–H groups in total. The number of carboxylic acid groups (broad SMARTS) is 1. The standard InChI is InChI=1S/C18H24F2N2O2/c1-2-22(13-18(23)24)16-7-10-21(11-8-16)9-3-4-14-5-6-15(19)12-17(14)20/h3-6,12,16H,2,7-11,13H2,1H3,(H,23,24)/b4-3+. The van der Waals surface area contributed by atoms with Crippen molar-refractivity contribution < 1.29 is 18.7 Å². The van der Waals surface area contributed by atoms with Gasteiger partial charge in [-0.1, -0.05) is 19.1 Å². The molecule has 0 amide bonds. The first-order valence-electron chi connectivity index (χ1n) is 8.29. The molecular weight excluding hydrogens is 314 g/mol. The molecular formula is C18H24F2N2O2. The molecule has 1 saturated heterocycles. The lowest BCUT2D eigenvalue weighted by atomic mass is 10.0. The van der Waals surface area contributed by atoms with E-state index in [0.717, 1.165) is 38.5 Å². The second-order valence-corrected chi connectivity index (χ2v) is 6.06. The number of carboxylic acids is 1. The van der Waals surface area contributed by atoms with Crippen LogP contribution in [0.1, 0.15) is 25.3 Å². The van der Waals surface area contributed by atoms with Crippen molar-refractivity contribution >= 4 is 12.0 Å². The van der Waals surface area contributed by atoms with Crippen molar-refractivity contribution in [2.45, 2.75) is 25.8 Å². The van der Waals surface area contributed by atoms with E-state index in [1.165, 1.54) is 12.1 Å². The summed E-state index contributed by atoms with van der Waals surface area (Å²) in [5, 5.41) is 8.95. The molecule has 6 heteroatoms. The summed E-state index contributed by atoms with van der Waals surface area (Å²) in [6.07, 6.45) is 5.41. The van der Waals surface area contributed by atoms with Crippen LogP contribution in [0.2, 0.25) is 0 Å². The highest BCUT2D eigenvalue weighted by molar-refractivity contribution is 5.69. The van der Waals surface area contributed by atoms with Crippen molar-refractivity contribution in [3.63, 3.8) is 0 Å². The Kier molecular flexibility index (Phi) is 6.87. The van der Waals surface area contributed by atoms with Crippen LogP contribution in [0.15, 0.2) is 24.3 Å². The number of halogens is 2. The summed E-state index contributed by atoms with van der Waals surface area (Å²) >= 11 is 0. The molecule has 24 heavy (non-hydrogen) atoms. The lowest BCUT2D eigenvalue weighted by molar-refractivity contribution is -0.139. The molecule has 1 aromatic rings. The predicted molar refractivity (Wildman–Crippen MR) is 89.7 cm³/mol. The van der Waals surface area contributed by atoms with Crippen LogP contribution in [0.25, 0.3) is 6.08 Å². The van der Waals surface area contributed by atoms with E-state index >= 15 is 0 Å². The lowest BCUT2D eigenvalue weighted by Gasteiger charge is -2.37. The third-order valence-electron chi connectivity index (χ3n) is 4.44. The quantitative estimate of drug-likeness (QED) is 0.830. The van der Waals surface area contributed by atoms with Crippen LogP contribution >= 0.6 is 0 Å². The minimum absolute atomic E-state index is 0.0882. The molecule has 1 aromatic carbocycles. The fourth-order valence-electron chi connectivity index (χ4n) is 3.11. The molecule has 0 unspecified atom stereocenters. The fraction of sp³-hybridized carbons (Fsp3) is 0.500. The molecule has 1 aliphatic heterocycles. The summed E-state index contributed by atoms with van der Waals surface area (Å²) in [4.78, 5) is 15.1. The topological polar surface area (TPSA) is 43.8 Å². The van der Waals surface area contributed by atoms with Crippen molar-refractivity contribution in [2.75, 3.05) is 32.7 Å². The van der Waals surface area contributed by atoms with Gasteiger partial charge in [0.25, 0.3) is 0 Å². The Labute approximate surface area is 141 Å². The number of hydrogen-bond donors (Lipinski definition) is 1. The van der Waals surface area contributed by atoms with Gasteiger partial charge in [0.1, 0.15) is 11.6 Å². The zero-order valence-corrected chi connectivity index (χ0v) is 13.9. The SMILES string of the molecule is CCN(CC(=O)O)C1CCN(C/C=C/c2ccc(F)cc2F)CC1. The highest BCUT2D eigenvalue weighted by Crippen LogP contribution is 2.17. The number of benzene rings is 1. The first kappa shape index (κ1) is 18.5. The second kappa shape index (κ2) is 8.89. The maximum Gasteiger partial charge on any atom is 0.317 e. The molecule has 2 rings (SSSR count). The van der Waals surface area contributed by atoms with Crippen LogP contribution in [0, 0.1) is 11.6 Å². The minimum atomic E-state index is -0.788. The molecule has 1 fully saturated rings. The smallest absolute Gasteiger partial charge is 0.317 e. The highest BCUT2D eigenvalue weighted by Gasteiger charge is 2.24. The lowest BCUT2D eigenvalue weighted by Crippen LogP contribution is -2.46. The maximum atomic E-state index is 13.5. The molecule has 132 valence electrons. The summed E-state index contributed by atoms with van der Waals surface area (Å²) in [5.74, 6) is -1.92. The number of carbonyl (C=O) groups is 1. The predicted octanol–water partition coefficient (Wildman–Crippen LogP) is 2.85. The monoisotopic (exact) mass is 338 g/mol. The van der Waals surface area contributed by atoms with Gasteiger partial charge in [-0.25, -0.2) is 8.78 Å². The van der Waals surface area contributed by atoms with Gasteiger partial charge in [-0.15, -0.1) is 0 Å². The van der Waals surface area contributed by atoms with E-state index in [1.807, 2.05) is 17.9 Å². The average molecular weight is 338 g/mol. The van der Waals surface area contributed by atoms with Gasteiger partial charge in [0.05, 0.1) is 6.54 Å². The molecule has 0 aliphatic carbocycles. The first-order chi connectivity index (χ1) is 11.5. The number of likely N-dealkylation sites (tertiary alicyclic amines) is 1. The van der Waals surface area contributed by atoms with Gasteiger partial charge in [-0.2, -0.15) is 0 Å². The Morgan fingerprint density at radius 3 is 2.67 bits per heavy atom. The zero-order valence-electron chi connectivity index (χ0n) is 13.9. The minimum Gasteiger partial charge on any atom is -0.480 e. The Morgan fingerprint density at radius 2 is 2.08 bits per heavy atom. The Balaban J connectivity index is 1.80. The zero-order chi connectivity index (χ0) is 17.5. The van der Waals surface area contributed by atoms with Crippen LogP contribution in [0.3, 0.4) is 0 Å². The van der Waals surface area contributed by atoms with Gasteiger partial charge in [0.15, 0.2) is 0 Å². The van der Waals surface area contributed by atoms with Crippen LogP contribution in [0.4, 0.5) is 8.78 Å². The van der Waals surface area contributed by atoms with E-state index in [2.05, 4.69) is 4.90 Å². The summed E-state index contributed by atoms with van der Waals surface area (Å²) in [6, 6.07) is 3.86. The molecule has 1 aliphatic rings. The van der Waals surface area contributed by atoms with Crippen molar-refractivity contribution in [3.8, 4) is 0 Å². The number of hydrogen-bond acceptors (Lipinski definition) is 3. The van der Waals surface area contributed by atoms with Crippen molar-refractivity contribution in [1.82, 2.24) is 9.80 Å². The van der Waals surface area contributed by atoms with Crippen molar-refractivity contribution in [3.05, 3.63) is 41.5 Å². The third kappa shape index (κ3) is 5.39. The number of rotatable bonds is 7. The van der Waals surface area contributed by atoms with E-state index in [9.17, 15) is 13.6 Å². The van der Waals surface area contributed by atoms with E-state index in [-0.39, 0.29) is 6.54 Å². The van der Waals surface area contributed by atoms with E-state index in [0.29, 0.717) is 18.2 Å². The Morgan fingerprint density at radius 1 is 1.38 bits per heavy atom. The molecule has 0 saturated carbocycles. The van der Waals surface area contributed by atoms with Crippen molar-refractivity contribution in [1.29, 1.82) is 0 Å². The van der Waals surface area contributed by atoms with E-state index in [1.54, 1.807) is 6.08 Å². The van der Waals surface area contributed by atoms with Crippen LogP contribution in [-0.2, 0) is 4.79 Å². The van der Waals surface area contributed by atoms with Gasteiger partial charge in [-0.3, -0.25) is 14.6 Å². The number of nitrogens with zero attached hydrogens (tertiary/aromatic N) is 2. The van der Waals surface area contributed by atoms with Gasteiger partial charge in [0, 0.05) is 24.2 Å². The maximum absolute atomic E-state index is 13.5. The summed E-state index contributed by atoms with van der Waals surface area (Å²) in [5.41, 5.74) is 0.380. The van der Waals surface area contributed by atoms with E-state index < -0.39 is 17.6 Å². The summed E-state index contributed by atoms with van der Waals surface area (Å²) in [7, 11) is 0. The molecule has 0 spiro atoms. The second-order valence-electron chi connectivity index (χ2n) is 6.06. The molecule has 4 nitrogen and oxygen atoms in total. The van der Waals surface area contributed by atoms with Crippen molar-refractivity contribution in [2.24, 2.45) is 0 Å². The van der Waals surface area contributed by atoms with Crippen LogP contribution in [-0.4, -0.2) is 59.6 Å². The normalized spacial score (nSPS) is 17.0. The number of piperidine rings is 1. The van der Waals surface area contributed by atoms with Crippen LogP contribution in [0.5, 0.6) is 0 Å². The Hall–Kier alpha value is -1.79. The largest absolute Gasteiger partial charge is 0.480 e. The Bertz CT molecular complexity index is 584. The van der Waals surface area contributed by atoms with Gasteiger partial charge < -0.3 is 5.11 Å². The summed E-state index contributed by atoms with van der Waals surface area (Å²) < 4.78 is 26.4. The van der Waals surface area contributed by atoms with Crippen LogP contribution < -0.4 is 0 Å².